The van der Waals surface area contributed by atoms with E-state index in [1.165, 1.54) is 23.5 Å². The summed E-state index contributed by atoms with van der Waals surface area (Å²) < 4.78 is 12.9. The van der Waals surface area contributed by atoms with Crippen LogP contribution in [0.4, 0.5) is 9.52 Å². The van der Waals surface area contributed by atoms with Gasteiger partial charge < -0.3 is 0 Å². The second kappa shape index (κ2) is 8.54. The zero-order chi connectivity index (χ0) is 19.3. The molecule has 28 heavy (non-hydrogen) atoms. The molecule has 0 aliphatic heterocycles. The number of rotatable bonds is 6. The number of aromatic nitrogens is 1. The Morgan fingerprint density at radius 3 is 2.61 bits per heavy atom. The van der Waals surface area contributed by atoms with Crippen LogP contribution in [0.3, 0.4) is 0 Å². The Kier molecular flexibility index (Phi) is 5.69. The number of nitrogens with zero attached hydrogens (tertiary/aromatic N) is 1. The fourth-order valence-corrected chi connectivity index (χ4v) is 4.48. The number of anilines is 1. The molecule has 0 saturated heterocycles. The number of fused-ring (bicyclic) bond motifs is 1. The molecule has 3 aromatic carbocycles. The molecule has 0 atom stereocenters. The van der Waals surface area contributed by atoms with Crippen molar-refractivity contribution in [3.05, 3.63) is 94.7 Å². The van der Waals surface area contributed by atoms with Gasteiger partial charge in [-0.15, -0.1) is 11.3 Å². The molecule has 4 rings (SSSR count). The molecule has 0 fully saturated rings. The number of hydrogen-bond donors (Lipinski definition) is 1. The highest BCUT2D eigenvalue weighted by Gasteiger charge is 2.10. The molecule has 1 heterocycles. The van der Waals surface area contributed by atoms with Crippen LogP contribution in [-0.2, 0) is 11.5 Å². The monoisotopic (exact) mass is 408 g/mol. The maximum absolute atomic E-state index is 12.9. The molecule has 4 aromatic rings. The van der Waals surface area contributed by atoms with Crippen LogP contribution in [-0.4, -0.2) is 10.9 Å². The summed E-state index contributed by atoms with van der Waals surface area (Å²) in [5, 5.41) is 7.56. The molecule has 0 saturated carbocycles. The number of thiazole rings is 1. The van der Waals surface area contributed by atoms with Gasteiger partial charge in [-0.25, -0.2) is 9.37 Å². The first kappa shape index (κ1) is 18.7. The molecule has 0 unspecified atom stereocenters. The normalized spacial score (nSPS) is 10.9. The predicted molar refractivity (Wildman–Crippen MR) is 115 cm³/mol. The van der Waals surface area contributed by atoms with Gasteiger partial charge in [-0.3, -0.25) is 10.1 Å². The van der Waals surface area contributed by atoms with Gasteiger partial charge in [-0.05, 0) is 40.6 Å². The summed E-state index contributed by atoms with van der Waals surface area (Å²) in [4.78, 5) is 17.0. The number of halogens is 1. The second-order valence-electron chi connectivity index (χ2n) is 6.28. The van der Waals surface area contributed by atoms with Crippen molar-refractivity contribution < 1.29 is 9.18 Å². The van der Waals surface area contributed by atoms with Gasteiger partial charge in [-0.2, -0.15) is 11.8 Å². The van der Waals surface area contributed by atoms with Crippen LogP contribution in [0.5, 0.6) is 0 Å². The van der Waals surface area contributed by atoms with Gasteiger partial charge in [0.2, 0.25) is 0 Å². The highest BCUT2D eigenvalue weighted by atomic mass is 32.2. The Balaban J connectivity index is 1.34. The third-order valence-corrected chi connectivity index (χ3v) is 6.06. The molecule has 0 aliphatic carbocycles. The van der Waals surface area contributed by atoms with E-state index in [1.54, 1.807) is 23.9 Å². The van der Waals surface area contributed by atoms with E-state index in [2.05, 4.69) is 10.3 Å². The molecule has 6 heteroatoms. The van der Waals surface area contributed by atoms with E-state index in [-0.39, 0.29) is 11.7 Å². The lowest BCUT2D eigenvalue weighted by Gasteiger charge is -2.04. The number of thioether (sulfide) groups is 1. The predicted octanol–water partition coefficient (Wildman–Crippen LogP) is 6.12. The number of amides is 1. The molecule has 1 N–H and O–H groups in total. The SMILES string of the molecule is O=C(Nc1nc(CSCc2ccc(F)cc2)cs1)c1ccc2ccccc2c1. The Bertz CT molecular complexity index is 1110. The quantitative estimate of drug-likeness (QED) is 0.418. The first-order valence-corrected chi connectivity index (χ1v) is 10.8. The van der Waals surface area contributed by atoms with Crippen molar-refractivity contribution in [3.63, 3.8) is 0 Å². The van der Waals surface area contributed by atoms with Crippen molar-refractivity contribution in [2.75, 3.05) is 5.32 Å². The van der Waals surface area contributed by atoms with E-state index in [0.29, 0.717) is 10.7 Å². The van der Waals surface area contributed by atoms with Crippen molar-refractivity contribution in [1.29, 1.82) is 0 Å². The molecule has 3 nitrogen and oxygen atoms in total. The van der Waals surface area contributed by atoms with Crippen LogP contribution in [0, 0.1) is 5.82 Å². The third-order valence-electron chi connectivity index (χ3n) is 4.22. The van der Waals surface area contributed by atoms with Gasteiger partial charge in [0, 0.05) is 22.4 Å². The molecular weight excluding hydrogens is 391 g/mol. The van der Waals surface area contributed by atoms with Gasteiger partial charge in [0.1, 0.15) is 5.82 Å². The molecule has 0 aliphatic rings. The van der Waals surface area contributed by atoms with Crippen LogP contribution in [0.2, 0.25) is 0 Å². The minimum Gasteiger partial charge on any atom is -0.298 e. The molecule has 1 amide bonds. The van der Waals surface area contributed by atoms with Gasteiger partial charge in [0.15, 0.2) is 5.13 Å². The van der Waals surface area contributed by atoms with Crippen molar-refractivity contribution in [2.45, 2.75) is 11.5 Å². The average Bonchev–Trinajstić information content (AvgIpc) is 3.16. The standard InChI is InChI=1S/C22H17FN2OS2/c23-19-9-5-15(6-10-19)12-27-13-20-14-28-22(24-20)25-21(26)18-8-7-16-3-1-2-4-17(16)11-18/h1-11,14H,12-13H2,(H,24,25,26). The van der Waals surface area contributed by atoms with Crippen molar-refractivity contribution >= 4 is 44.9 Å². The van der Waals surface area contributed by atoms with Crippen LogP contribution >= 0.6 is 23.1 Å². The second-order valence-corrected chi connectivity index (χ2v) is 8.12. The molecule has 140 valence electrons. The number of benzene rings is 3. The molecular formula is C22H17FN2OS2. The van der Waals surface area contributed by atoms with E-state index in [4.69, 9.17) is 0 Å². The summed E-state index contributed by atoms with van der Waals surface area (Å²) in [6.45, 7) is 0. The van der Waals surface area contributed by atoms with E-state index < -0.39 is 0 Å². The third kappa shape index (κ3) is 4.58. The summed E-state index contributed by atoms with van der Waals surface area (Å²) in [6, 6.07) is 20.1. The maximum Gasteiger partial charge on any atom is 0.257 e. The van der Waals surface area contributed by atoms with E-state index in [0.717, 1.165) is 33.5 Å². The van der Waals surface area contributed by atoms with Gasteiger partial charge >= 0.3 is 0 Å². The summed E-state index contributed by atoms with van der Waals surface area (Å²) in [7, 11) is 0. The largest absolute Gasteiger partial charge is 0.298 e. The highest BCUT2D eigenvalue weighted by molar-refractivity contribution is 7.97. The lowest BCUT2D eigenvalue weighted by atomic mass is 10.1. The van der Waals surface area contributed by atoms with Crippen LogP contribution in [0.1, 0.15) is 21.6 Å². The minimum atomic E-state index is -0.222. The summed E-state index contributed by atoms with van der Waals surface area (Å²) in [5.74, 6) is 1.14. The first-order valence-electron chi connectivity index (χ1n) is 8.74. The molecule has 0 bridgehead atoms. The summed E-state index contributed by atoms with van der Waals surface area (Å²) in [6.07, 6.45) is 0. The number of hydrogen-bond acceptors (Lipinski definition) is 4. The van der Waals surface area contributed by atoms with Crippen molar-refractivity contribution in [3.8, 4) is 0 Å². The average molecular weight is 409 g/mol. The fraction of sp³-hybridized carbons (Fsp3) is 0.0909. The van der Waals surface area contributed by atoms with Gasteiger partial charge in [0.05, 0.1) is 5.69 Å². The van der Waals surface area contributed by atoms with Crippen molar-refractivity contribution in [2.24, 2.45) is 0 Å². The highest BCUT2D eigenvalue weighted by Crippen LogP contribution is 2.23. The van der Waals surface area contributed by atoms with E-state index >= 15 is 0 Å². The Labute approximate surface area is 170 Å². The summed E-state index contributed by atoms with van der Waals surface area (Å²) >= 11 is 3.12. The zero-order valence-corrected chi connectivity index (χ0v) is 16.5. The Morgan fingerprint density at radius 2 is 1.79 bits per heavy atom. The lowest BCUT2D eigenvalue weighted by molar-refractivity contribution is 0.102. The topological polar surface area (TPSA) is 42.0 Å². The lowest BCUT2D eigenvalue weighted by Crippen LogP contribution is -2.11. The zero-order valence-electron chi connectivity index (χ0n) is 14.9. The van der Waals surface area contributed by atoms with E-state index in [1.807, 2.05) is 47.8 Å². The molecule has 1 aromatic heterocycles. The van der Waals surface area contributed by atoms with Crippen LogP contribution < -0.4 is 5.32 Å². The van der Waals surface area contributed by atoms with Crippen LogP contribution in [0.25, 0.3) is 10.8 Å². The summed E-state index contributed by atoms with van der Waals surface area (Å²) in [5.41, 5.74) is 2.61. The number of carbonyl (C=O) groups is 1. The number of nitrogens with one attached hydrogen (secondary N) is 1. The number of carbonyl (C=O) groups excluding carboxylic acids is 1. The van der Waals surface area contributed by atoms with Gasteiger partial charge in [0.25, 0.3) is 5.91 Å². The maximum atomic E-state index is 12.9. The molecule has 0 spiro atoms. The fourth-order valence-electron chi connectivity index (χ4n) is 2.78. The Morgan fingerprint density at radius 1 is 1.00 bits per heavy atom. The minimum absolute atomic E-state index is 0.161. The molecule has 0 radical (unpaired) electrons. The van der Waals surface area contributed by atoms with E-state index in [9.17, 15) is 9.18 Å². The smallest absolute Gasteiger partial charge is 0.257 e. The first-order chi connectivity index (χ1) is 13.7. The Hall–Kier alpha value is -2.70. The van der Waals surface area contributed by atoms with Gasteiger partial charge in [-0.1, -0.05) is 42.5 Å². The van der Waals surface area contributed by atoms with Crippen molar-refractivity contribution in [1.82, 2.24) is 4.98 Å². The van der Waals surface area contributed by atoms with Crippen LogP contribution in [0.15, 0.2) is 72.1 Å².